The zero-order valence-corrected chi connectivity index (χ0v) is 12.3. The molecule has 110 valence electrons. The van der Waals surface area contributed by atoms with Crippen LogP contribution in [0.25, 0.3) is 0 Å². The van der Waals surface area contributed by atoms with E-state index in [1.807, 2.05) is 6.92 Å². The molecule has 2 rings (SSSR count). The minimum Gasteiger partial charge on any atom is -0.273 e. The quantitative estimate of drug-likeness (QED) is 0.697. The smallest absolute Gasteiger partial charge is 0.246 e. The topological polar surface area (TPSA) is 54.4 Å². The molecule has 1 heterocycles. The van der Waals surface area contributed by atoms with Gasteiger partial charge in [-0.05, 0) is 26.0 Å². The number of rotatable bonds is 4. The van der Waals surface area contributed by atoms with Gasteiger partial charge in [-0.3, -0.25) is 4.79 Å². The van der Waals surface area contributed by atoms with E-state index in [1.165, 1.54) is 24.3 Å². The average Bonchev–Trinajstić information content (AvgIpc) is 2.81. The SMILES string of the molecule is C/C(=N/NC(=O)Cc1csc(C)n1)c1ccc(F)cc1F. The molecular formula is C14H13F2N3OS. The minimum absolute atomic E-state index is 0.104. The molecule has 2 aromatic rings. The minimum atomic E-state index is -0.722. The summed E-state index contributed by atoms with van der Waals surface area (Å²) >= 11 is 1.46. The predicted octanol–water partition coefficient (Wildman–Crippen LogP) is 2.81. The zero-order valence-electron chi connectivity index (χ0n) is 11.5. The molecule has 7 heteroatoms. The predicted molar refractivity (Wildman–Crippen MR) is 77.3 cm³/mol. The molecule has 1 amide bonds. The molecule has 1 aromatic heterocycles. The van der Waals surface area contributed by atoms with Crippen molar-refractivity contribution in [3.63, 3.8) is 0 Å². The molecule has 21 heavy (non-hydrogen) atoms. The van der Waals surface area contributed by atoms with Crippen LogP contribution in [0.1, 0.15) is 23.2 Å². The number of nitrogens with one attached hydrogen (secondary N) is 1. The van der Waals surface area contributed by atoms with Gasteiger partial charge >= 0.3 is 0 Å². The first kappa shape index (κ1) is 15.2. The van der Waals surface area contributed by atoms with E-state index in [0.29, 0.717) is 5.69 Å². The lowest BCUT2D eigenvalue weighted by Gasteiger charge is -2.03. The maximum atomic E-state index is 13.5. The number of aryl methyl sites for hydroxylation is 1. The van der Waals surface area contributed by atoms with Crippen molar-refractivity contribution in [1.29, 1.82) is 0 Å². The highest BCUT2D eigenvalue weighted by molar-refractivity contribution is 7.09. The van der Waals surface area contributed by atoms with Crippen LogP contribution < -0.4 is 5.43 Å². The van der Waals surface area contributed by atoms with Crippen LogP contribution in [0.2, 0.25) is 0 Å². The maximum Gasteiger partial charge on any atom is 0.246 e. The van der Waals surface area contributed by atoms with Crippen LogP contribution in [0, 0.1) is 18.6 Å². The van der Waals surface area contributed by atoms with Crippen LogP contribution in [0.5, 0.6) is 0 Å². The number of hydrazone groups is 1. The fourth-order valence-electron chi connectivity index (χ4n) is 1.68. The lowest BCUT2D eigenvalue weighted by Crippen LogP contribution is -2.21. The van der Waals surface area contributed by atoms with E-state index < -0.39 is 11.6 Å². The summed E-state index contributed by atoms with van der Waals surface area (Å²) in [6.07, 6.45) is 0.104. The van der Waals surface area contributed by atoms with Gasteiger partial charge in [0.15, 0.2) is 0 Å². The van der Waals surface area contributed by atoms with E-state index >= 15 is 0 Å². The Morgan fingerprint density at radius 2 is 2.19 bits per heavy atom. The highest BCUT2D eigenvalue weighted by Crippen LogP contribution is 2.11. The van der Waals surface area contributed by atoms with Crippen LogP contribution in [0.15, 0.2) is 28.7 Å². The summed E-state index contributed by atoms with van der Waals surface area (Å²) in [6, 6.07) is 3.19. The van der Waals surface area contributed by atoms with Gasteiger partial charge in [0, 0.05) is 17.0 Å². The fraction of sp³-hybridized carbons (Fsp3) is 0.214. The summed E-state index contributed by atoms with van der Waals surface area (Å²) in [4.78, 5) is 15.9. The Bertz CT molecular complexity index is 697. The van der Waals surface area contributed by atoms with Crippen molar-refractivity contribution in [3.8, 4) is 0 Å². The molecule has 0 spiro atoms. The molecule has 0 aliphatic rings. The van der Waals surface area contributed by atoms with Gasteiger partial charge in [-0.15, -0.1) is 11.3 Å². The van der Waals surface area contributed by atoms with E-state index in [0.717, 1.165) is 17.1 Å². The third-order valence-electron chi connectivity index (χ3n) is 2.68. The fourth-order valence-corrected chi connectivity index (χ4v) is 2.30. The number of amides is 1. The second-order valence-electron chi connectivity index (χ2n) is 4.39. The van der Waals surface area contributed by atoms with E-state index in [-0.39, 0.29) is 23.6 Å². The molecule has 0 aliphatic heterocycles. The number of hydrogen-bond acceptors (Lipinski definition) is 4. The summed E-state index contributed by atoms with van der Waals surface area (Å²) < 4.78 is 26.3. The molecule has 0 unspecified atom stereocenters. The highest BCUT2D eigenvalue weighted by Gasteiger charge is 2.09. The second kappa shape index (κ2) is 6.53. The maximum absolute atomic E-state index is 13.5. The molecule has 0 fully saturated rings. The van der Waals surface area contributed by atoms with Crippen molar-refractivity contribution >= 4 is 23.0 Å². The van der Waals surface area contributed by atoms with Gasteiger partial charge in [-0.1, -0.05) is 0 Å². The number of halogens is 2. The third-order valence-corrected chi connectivity index (χ3v) is 3.50. The number of carbonyl (C=O) groups is 1. The third kappa shape index (κ3) is 4.16. The van der Waals surface area contributed by atoms with Gasteiger partial charge in [0.2, 0.25) is 5.91 Å². The Labute approximate surface area is 124 Å². The Morgan fingerprint density at radius 1 is 1.43 bits per heavy atom. The Kier molecular flexibility index (Phi) is 4.74. The summed E-state index contributed by atoms with van der Waals surface area (Å²) in [7, 11) is 0. The van der Waals surface area contributed by atoms with Gasteiger partial charge in [-0.25, -0.2) is 19.2 Å². The van der Waals surface area contributed by atoms with Crippen LogP contribution >= 0.6 is 11.3 Å². The number of hydrogen-bond donors (Lipinski definition) is 1. The van der Waals surface area contributed by atoms with E-state index in [9.17, 15) is 13.6 Å². The number of benzene rings is 1. The van der Waals surface area contributed by atoms with Gasteiger partial charge in [0.05, 0.1) is 22.8 Å². The van der Waals surface area contributed by atoms with Crippen molar-refractivity contribution in [1.82, 2.24) is 10.4 Å². The molecule has 0 radical (unpaired) electrons. The van der Waals surface area contributed by atoms with Crippen LogP contribution in [-0.4, -0.2) is 16.6 Å². The summed E-state index contributed by atoms with van der Waals surface area (Å²) in [5, 5.41) is 6.50. The molecule has 0 atom stereocenters. The van der Waals surface area contributed by atoms with Crippen LogP contribution in [-0.2, 0) is 11.2 Å². The molecule has 1 N–H and O–H groups in total. The summed E-state index contributed by atoms with van der Waals surface area (Å²) in [6.45, 7) is 3.38. The van der Waals surface area contributed by atoms with Crippen LogP contribution in [0.3, 0.4) is 0 Å². The monoisotopic (exact) mass is 309 g/mol. The Morgan fingerprint density at radius 3 is 2.81 bits per heavy atom. The number of nitrogens with zero attached hydrogens (tertiary/aromatic N) is 2. The lowest BCUT2D eigenvalue weighted by atomic mass is 10.1. The van der Waals surface area contributed by atoms with Gasteiger partial charge in [-0.2, -0.15) is 5.10 Å². The number of carbonyl (C=O) groups excluding carboxylic acids is 1. The van der Waals surface area contributed by atoms with Gasteiger partial charge < -0.3 is 0 Å². The molecular weight excluding hydrogens is 296 g/mol. The van der Waals surface area contributed by atoms with Crippen molar-refractivity contribution in [2.24, 2.45) is 5.10 Å². The largest absolute Gasteiger partial charge is 0.273 e. The Balaban J connectivity index is 2.01. The zero-order chi connectivity index (χ0) is 15.4. The molecule has 0 saturated heterocycles. The average molecular weight is 309 g/mol. The second-order valence-corrected chi connectivity index (χ2v) is 5.45. The first-order chi connectivity index (χ1) is 9.95. The molecule has 0 bridgehead atoms. The molecule has 0 saturated carbocycles. The lowest BCUT2D eigenvalue weighted by molar-refractivity contribution is -0.120. The van der Waals surface area contributed by atoms with Crippen molar-refractivity contribution < 1.29 is 13.6 Å². The highest BCUT2D eigenvalue weighted by atomic mass is 32.1. The van der Waals surface area contributed by atoms with Crippen molar-refractivity contribution in [3.05, 3.63) is 51.5 Å². The standard InChI is InChI=1S/C14H13F2N3OS/c1-8(12-4-3-10(15)5-13(12)16)18-19-14(20)6-11-7-21-9(2)17-11/h3-5,7H,6H2,1-2H3,(H,19,20)/b18-8-. The first-order valence-electron chi connectivity index (χ1n) is 6.15. The van der Waals surface area contributed by atoms with Crippen LogP contribution in [0.4, 0.5) is 8.78 Å². The number of thiazole rings is 1. The van der Waals surface area contributed by atoms with Gasteiger partial charge in [0.1, 0.15) is 11.6 Å². The summed E-state index contributed by atoms with van der Waals surface area (Å²) in [5.74, 6) is -1.73. The van der Waals surface area contributed by atoms with E-state index in [2.05, 4.69) is 15.5 Å². The first-order valence-corrected chi connectivity index (χ1v) is 7.03. The Hall–Kier alpha value is -2.15. The molecule has 0 aliphatic carbocycles. The van der Waals surface area contributed by atoms with E-state index in [1.54, 1.807) is 5.38 Å². The van der Waals surface area contributed by atoms with Crippen molar-refractivity contribution in [2.75, 3.05) is 0 Å². The molecule has 1 aromatic carbocycles. The van der Waals surface area contributed by atoms with Crippen molar-refractivity contribution in [2.45, 2.75) is 20.3 Å². The van der Waals surface area contributed by atoms with E-state index in [4.69, 9.17) is 0 Å². The number of aromatic nitrogens is 1. The summed E-state index contributed by atoms with van der Waals surface area (Å²) in [5.41, 5.74) is 3.40. The normalized spacial score (nSPS) is 11.5. The molecule has 4 nitrogen and oxygen atoms in total. The van der Waals surface area contributed by atoms with Gasteiger partial charge in [0.25, 0.3) is 0 Å².